The molecule has 3 fully saturated rings. The fourth-order valence-corrected chi connectivity index (χ4v) is 7.09. The first-order chi connectivity index (χ1) is 18.2. The molecule has 1 amide bonds. The zero-order valence-electron chi connectivity index (χ0n) is 21.8. The Balaban J connectivity index is 1.05. The maximum absolute atomic E-state index is 12.7. The first-order valence-corrected chi connectivity index (χ1v) is 15.1. The fourth-order valence-electron chi connectivity index (χ4n) is 6.26. The van der Waals surface area contributed by atoms with Crippen molar-refractivity contribution in [3.63, 3.8) is 0 Å². The summed E-state index contributed by atoms with van der Waals surface area (Å²) >= 11 is 1.75. The zero-order valence-corrected chi connectivity index (χ0v) is 22.6. The van der Waals surface area contributed by atoms with Gasteiger partial charge >= 0.3 is 0 Å². The Hall–Kier alpha value is -2.48. The van der Waals surface area contributed by atoms with Crippen LogP contribution in [-0.2, 0) is 0 Å². The second-order valence-corrected chi connectivity index (χ2v) is 11.8. The lowest BCUT2D eigenvalue weighted by molar-refractivity contribution is 0.0793. The number of hydrogen-bond acceptors (Lipinski definition) is 6. The zero-order chi connectivity index (χ0) is 25.0. The Kier molecular flexibility index (Phi) is 7.72. The van der Waals surface area contributed by atoms with E-state index in [1.54, 1.807) is 11.3 Å². The smallest absolute Gasteiger partial charge is 0.253 e. The number of hydrogen-bond donors (Lipinski definition) is 1. The predicted octanol–water partition coefficient (Wildman–Crippen LogP) is 5.56. The summed E-state index contributed by atoms with van der Waals surface area (Å²) in [5, 5.41) is 5.84. The average Bonchev–Trinajstić information content (AvgIpc) is 3.74. The number of benzene rings is 1. The minimum absolute atomic E-state index is 0.146. The molecule has 0 radical (unpaired) electrons. The third-order valence-electron chi connectivity index (χ3n) is 8.41. The van der Waals surface area contributed by atoms with Crippen molar-refractivity contribution in [3.8, 4) is 11.3 Å². The summed E-state index contributed by atoms with van der Waals surface area (Å²) < 4.78 is 1.22. The molecule has 0 bridgehead atoms. The first-order valence-electron chi connectivity index (χ1n) is 14.2. The summed E-state index contributed by atoms with van der Waals surface area (Å²) in [6, 6.07) is 13.1. The average molecular weight is 518 g/mol. The second-order valence-electron chi connectivity index (χ2n) is 10.9. The number of aromatic nitrogens is 1. The van der Waals surface area contributed by atoms with Gasteiger partial charge in [0.25, 0.3) is 5.91 Å². The Morgan fingerprint density at radius 2 is 1.68 bits per heavy atom. The van der Waals surface area contributed by atoms with Crippen molar-refractivity contribution in [3.05, 3.63) is 47.3 Å². The van der Waals surface area contributed by atoms with Gasteiger partial charge in [0.1, 0.15) is 0 Å². The van der Waals surface area contributed by atoms with Crippen LogP contribution in [-0.4, -0.2) is 84.0 Å². The number of nitrogens with zero attached hydrogens (tertiary/aromatic N) is 4. The van der Waals surface area contributed by atoms with Crippen LogP contribution < -0.4 is 5.32 Å². The highest BCUT2D eigenvalue weighted by Crippen LogP contribution is 2.32. The van der Waals surface area contributed by atoms with E-state index in [9.17, 15) is 4.79 Å². The van der Waals surface area contributed by atoms with Crippen LogP contribution in [0.2, 0.25) is 0 Å². The van der Waals surface area contributed by atoms with Crippen molar-refractivity contribution in [1.29, 1.82) is 0 Å². The van der Waals surface area contributed by atoms with Gasteiger partial charge in [-0.25, -0.2) is 4.98 Å². The van der Waals surface area contributed by atoms with E-state index in [0.29, 0.717) is 0 Å². The fraction of sp³-hybridized carbons (Fsp3) is 0.533. The largest absolute Gasteiger partial charge is 0.384 e. The molecule has 1 N–H and O–H groups in total. The van der Waals surface area contributed by atoms with Gasteiger partial charge in [-0.3, -0.25) is 4.79 Å². The second kappa shape index (κ2) is 11.5. The van der Waals surface area contributed by atoms with Crippen molar-refractivity contribution in [1.82, 2.24) is 19.7 Å². The van der Waals surface area contributed by atoms with Crippen LogP contribution in [0.25, 0.3) is 21.5 Å². The van der Waals surface area contributed by atoms with Gasteiger partial charge in [-0.15, -0.1) is 11.3 Å². The summed E-state index contributed by atoms with van der Waals surface area (Å²) in [5.41, 5.74) is 4.98. The molecule has 196 valence electrons. The number of nitrogens with one attached hydrogen (secondary N) is 1. The van der Waals surface area contributed by atoms with Crippen LogP contribution in [0.5, 0.6) is 0 Å². The summed E-state index contributed by atoms with van der Waals surface area (Å²) in [4.78, 5) is 25.0. The van der Waals surface area contributed by atoms with Gasteiger partial charge in [-0.05, 0) is 107 Å². The summed E-state index contributed by atoms with van der Waals surface area (Å²) in [7, 11) is 0. The maximum Gasteiger partial charge on any atom is 0.253 e. The lowest BCUT2D eigenvalue weighted by atomic mass is 10.0. The molecule has 0 atom stereocenters. The molecular weight excluding hydrogens is 478 g/mol. The number of carbonyl (C=O) groups is 1. The molecule has 0 spiro atoms. The van der Waals surface area contributed by atoms with E-state index in [0.717, 1.165) is 73.8 Å². The van der Waals surface area contributed by atoms with Crippen LogP contribution in [0.3, 0.4) is 0 Å². The number of likely N-dealkylation sites (tertiary alicyclic amines) is 3. The molecule has 0 unspecified atom stereocenters. The lowest BCUT2D eigenvalue weighted by Crippen LogP contribution is -2.44. The molecule has 6 nitrogen and oxygen atoms in total. The number of piperidine rings is 1. The van der Waals surface area contributed by atoms with E-state index >= 15 is 0 Å². The molecular formula is C30H39N5OS. The van der Waals surface area contributed by atoms with Gasteiger partial charge in [0.2, 0.25) is 0 Å². The third-order valence-corrected chi connectivity index (χ3v) is 9.35. The van der Waals surface area contributed by atoms with Gasteiger partial charge in [0.05, 0.1) is 21.6 Å². The number of thiophene rings is 1. The van der Waals surface area contributed by atoms with Crippen LogP contribution >= 0.6 is 11.3 Å². The highest BCUT2D eigenvalue weighted by molar-refractivity contribution is 7.17. The minimum Gasteiger partial charge on any atom is -0.384 e. The number of pyridine rings is 1. The number of fused-ring (bicyclic) bond motifs is 1. The van der Waals surface area contributed by atoms with Crippen LogP contribution in [0.15, 0.2) is 41.8 Å². The summed E-state index contributed by atoms with van der Waals surface area (Å²) in [6.45, 7) is 9.01. The quantitative estimate of drug-likeness (QED) is 0.397. The molecule has 5 heterocycles. The van der Waals surface area contributed by atoms with E-state index in [-0.39, 0.29) is 5.91 Å². The number of carbonyl (C=O) groups excluding carboxylic acids is 1. The highest BCUT2D eigenvalue weighted by Gasteiger charge is 2.26. The Bertz CT molecular complexity index is 1190. The van der Waals surface area contributed by atoms with Crippen molar-refractivity contribution >= 4 is 33.1 Å². The van der Waals surface area contributed by atoms with Gasteiger partial charge in [-0.1, -0.05) is 12.1 Å². The molecule has 3 aromatic rings. The molecule has 3 aliphatic heterocycles. The van der Waals surface area contributed by atoms with Crippen molar-refractivity contribution < 1.29 is 4.79 Å². The number of rotatable bonds is 8. The topological polar surface area (TPSA) is 51.7 Å². The molecule has 0 saturated carbocycles. The van der Waals surface area contributed by atoms with E-state index in [1.807, 2.05) is 29.2 Å². The molecule has 1 aromatic carbocycles. The van der Waals surface area contributed by atoms with Gasteiger partial charge in [0, 0.05) is 36.8 Å². The minimum atomic E-state index is 0.146. The normalized spacial score (nSPS) is 19.7. The van der Waals surface area contributed by atoms with Gasteiger partial charge < -0.3 is 20.0 Å². The van der Waals surface area contributed by atoms with E-state index in [4.69, 9.17) is 4.98 Å². The molecule has 0 aliphatic carbocycles. The van der Waals surface area contributed by atoms with Gasteiger partial charge in [0.15, 0.2) is 0 Å². The van der Waals surface area contributed by atoms with Crippen LogP contribution in [0, 0.1) is 0 Å². The van der Waals surface area contributed by atoms with Crippen molar-refractivity contribution in [2.24, 2.45) is 0 Å². The predicted molar refractivity (Wildman–Crippen MR) is 154 cm³/mol. The Morgan fingerprint density at radius 1 is 0.946 bits per heavy atom. The van der Waals surface area contributed by atoms with E-state index < -0.39 is 0 Å². The highest BCUT2D eigenvalue weighted by atomic mass is 32.1. The Labute approximate surface area is 224 Å². The molecule has 7 heteroatoms. The van der Waals surface area contributed by atoms with E-state index in [2.05, 4.69) is 32.6 Å². The third kappa shape index (κ3) is 5.69. The number of amides is 1. The molecule has 2 aromatic heterocycles. The Morgan fingerprint density at radius 3 is 2.43 bits per heavy atom. The van der Waals surface area contributed by atoms with Crippen LogP contribution in [0.1, 0.15) is 55.3 Å². The molecule has 3 aliphatic rings. The summed E-state index contributed by atoms with van der Waals surface area (Å²) in [5.74, 6) is 0.146. The summed E-state index contributed by atoms with van der Waals surface area (Å²) in [6.07, 6.45) is 8.82. The monoisotopic (exact) mass is 517 g/mol. The standard InChI is InChI=1S/C30H39N5OS/c36-30(35-17-3-4-18-35)24-8-6-23(7-9-24)27-22-28(29-26(32-27)12-21-37-29)31-13-5-14-33-19-10-25(11-20-33)34-15-1-2-16-34/h6-9,12,21-22,25H,1-5,10-11,13-20H2,(H,31,32). The van der Waals surface area contributed by atoms with Crippen molar-refractivity contribution in [2.45, 2.75) is 51.0 Å². The maximum atomic E-state index is 12.7. The van der Waals surface area contributed by atoms with Crippen molar-refractivity contribution in [2.75, 3.05) is 57.7 Å². The lowest BCUT2D eigenvalue weighted by Gasteiger charge is -2.36. The van der Waals surface area contributed by atoms with Crippen LogP contribution in [0.4, 0.5) is 5.69 Å². The SMILES string of the molecule is O=C(c1ccc(-c2cc(NCCCN3CCC(N4CCCC4)CC3)c3sccc3n2)cc1)N1CCCC1. The van der Waals surface area contributed by atoms with E-state index in [1.165, 1.54) is 62.2 Å². The molecule has 37 heavy (non-hydrogen) atoms. The molecule has 6 rings (SSSR count). The van der Waals surface area contributed by atoms with Gasteiger partial charge in [-0.2, -0.15) is 0 Å². The molecule has 3 saturated heterocycles. The number of anilines is 1. The first kappa shape index (κ1) is 24.8.